The number of fused-ring (bicyclic) bond motifs is 1. The van der Waals surface area contributed by atoms with E-state index in [2.05, 4.69) is 25.0 Å². The zero-order valence-electron chi connectivity index (χ0n) is 15.5. The average molecular weight is 417 g/mol. The van der Waals surface area contributed by atoms with Crippen LogP contribution in [0.4, 0.5) is 13.2 Å². The van der Waals surface area contributed by atoms with Crippen LogP contribution in [0.2, 0.25) is 0 Å². The molecule has 0 spiro atoms. The number of pyridine rings is 1. The number of methoxy groups -OCH3 is 1. The summed E-state index contributed by atoms with van der Waals surface area (Å²) >= 11 is 0. The molecular formula is C19H14F3N5O3. The highest BCUT2D eigenvalue weighted by atomic mass is 19.4. The van der Waals surface area contributed by atoms with Gasteiger partial charge in [0.1, 0.15) is 17.1 Å². The van der Waals surface area contributed by atoms with Crippen LogP contribution in [0.5, 0.6) is 5.75 Å². The van der Waals surface area contributed by atoms with E-state index in [0.717, 1.165) is 5.56 Å². The standard InChI is InChI=1S/C19H14F3N5O3/c1-29-13-4-2-3-11(7-13)8-23-17(28)14-10-27-9-12(5-6-15(27)24-14)16-25-18(30-26-16)19(20,21)22/h2-7,9-10H,8H2,1H3,(H,23,28). The molecule has 11 heteroatoms. The zero-order chi connectivity index (χ0) is 21.3. The van der Waals surface area contributed by atoms with Crippen LogP contribution in [0, 0.1) is 0 Å². The number of aromatic nitrogens is 4. The van der Waals surface area contributed by atoms with Gasteiger partial charge in [0.15, 0.2) is 0 Å². The Morgan fingerprint density at radius 1 is 1.20 bits per heavy atom. The van der Waals surface area contributed by atoms with E-state index in [0.29, 0.717) is 11.4 Å². The first kappa shape index (κ1) is 19.4. The first-order chi connectivity index (χ1) is 14.3. The molecule has 1 amide bonds. The number of hydrogen-bond donors (Lipinski definition) is 1. The molecule has 0 bridgehead atoms. The van der Waals surface area contributed by atoms with Gasteiger partial charge in [0, 0.05) is 24.5 Å². The molecule has 0 saturated carbocycles. The van der Waals surface area contributed by atoms with Gasteiger partial charge in [-0.25, -0.2) is 4.98 Å². The molecule has 1 aromatic carbocycles. The molecule has 4 rings (SSSR count). The van der Waals surface area contributed by atoms with Crippen molar-refractivity contribution < 1.29 is 27.2 Å². The van der Waals surface area contributed by atoms with Gasteiger partial charge in [0.05, 0.1) is 7.11 Å². The molecule has 0 aliphatic heterocycles. The minimum Gasteiger partial charge on any atom is -0.497 e. The number of imidazole rings is 1. The summed E-state index contributed by atoms with van der Waals surface area (Å²) in [5.41, 5.74) is 1.72. The normalized spacial score (nSPS) is 11.6. The summed E-state index contributed by atoms with van der Waals surface area (Å²) < 4.78 is 48.8. The molecule has 0 radical (unpaired) electrons. The Morgan fingerprint density at radius 2 is 2.03 bits per heavy atom. The van der Waals surface area contributed by atoms with Gasteiger partial charge in [-0.1, -0.05) is 17.3 Å². The first-order valence-corrected chi connectivity index (χ1v) is 8.64. The highest BCUT2D eigenvalue weighted by molar-refractivity contribution is 5.92. The van der Waals surface area contributed by atoms with Crippen LogP contribution in [0.25, 0.3) is 17.0 Å². The zero-order valence-corrected chi connectivity index (χ0v) is 15.5. The number of nitrogens with zero attached hydrogens (tertiary/aromatic N) is 4. The summed E-state index contributed by atoms with van der Waals surface area (Å²) in [6, 6.07) is 10.3. The number of ether oxygens (including phenoxy) is 1. The highest BCUT2D eigenvalue weighted by Gasteiger charge is 2.38. The van der Waals surface area contributed by atoms with Gasteiger partial charge < -0.3 is 19.0 Å². The van der Waals surface area contributed by atoms with Gasteiger partial charge in [-0.2, -0.15) is 18.2 Å². The van der Waals surface area contributed by atoms with E-state index in [1.54, 1.807) is 19.2 Å². The van der Waals surface area contributed by atoms with E-state index >= 15 is 0 Å². The smallest absolute Gasteiger partial charge is 0.471 e. The Hall–Kier alpha value is -3.89. The van der Waals surface area contributed by atoms with Crippen LogP contribution < -0.4 is 10.1 Å². The molecule has 0 fully saturated rings. The van der Waals surface area contributed by atoms with Crippen LogP contribution in [0.1, 0.15) is 21.9 Å². The minimum atomic E-state index is -4.72. The molecule has 0 saturated heterocycles. The van der Waals surface area contributed by atoms with E-state index in [-0.39, 0.29) is 23.6 Å². The quantitative estimate of drug-likeness (QED) is 0.535. The fraction of sp³-hybridized carbons (Fsp3) is 0.158. The molecule has 154 valence electrons. The predicted octanol–water partition coefficient (Wildman–Crippen LogP) is 3.34. The summed E-state index contributed by atoms with van der Waals surface area (Å²) in [5.74, 6) is -1.37. The van der Waals surface area contributed by atoms with Crippen LogP contribution in [-0.2, 0) is 12.7 Å². The fourth-order valence-corrected chi connectivity index (χ4v) is 2.74. The topological polar surface area (TPSA) is 94.5 Å². The van der Waals surface area contributed by atoms with E-state index in [4.69, 9.17) is 4.74 Å². The molecule has 3 aromatic heterocycles. The third kappa shape index (κ3) is 3.95. The van der Waals surface area contributed by atoms with E-state index in [1.165, 1.54) is 28.9 Å². The molecule has 0 unspecified atom stereocenters. The lowest BCUT2D eigenvalue weighted by Gasteiger charge is -2.05. The van der Waals surface area contributed by atoms with Crippen LogP contribution in [0.15, 0.2) is 53.3 Å². The summed E-state index contributed by atoms with van der Waals surface area (Å²) in [6.45, 7) is 0.276. The van der Waals surface area contributed by atoms with Crippen LogP contribution >= 0.6 is 0 Å². The van der Waals surface area contributed by atoms with Crippen molar-refractivity contribution in [3.63, 3.8) is 0 Å². The van der Waals surface area contributed by atoms with Gasteiger partial charge in [-0.15, -0.1) is 0 Å². The lowest BCUT2D eigenvalue weighted by Crippen LogP contribution is -2.23. The summed E-state index contributed by atoms with van der Waals surface area (Å²) in [7, 11) is 1.56. The van der Waals surface area contributed by atoms with E-state index in [9.17, 15) is 18.0 Å². The second-order valence-electron chi connectivity index (χ2n) is 6.26. The molecule has 3 heterocycles. The maximum absolute atomic E-state index is 12.6. The predicted molar refractivity (Wildman–Crippen MR) is 97.7 cm³/mol. The number of hydrogen-bond acceptors (Lipinski definition) is 6. The van der Waals surface area contributed by atoms with Gasteiger partial charge in [0.25, 0.3) is 5.91 Å². The Bertz CT molecular complexity index is 1220. The summed E-state index contributed by atoms with van der Waals surface area (Å²) in [4.78, 5) is 20.0. The number of halogens is 3. The number of nitrogens with one attached hydrogen (secondary N) is 1. The third-order valence-electron chi connectivity index (χ3n) is 4.20. The second-order valence-corrected chi connectivity index (χ2v) is 6.26. The molecule has 0 aliphatic rings. The lowest BCUT2D eigenvalue weighted by atomic mass is 10.2. The van der Waals surface area contributed by atoms with Crippen molar-refractivity contribution >= 4 is 11.6 Å². The van der Waals surface area contributed by atoms with Crippen LogP contribution in [-0.4, -0.2) is 32.5 Å². The molecule has 0 atom stereocenters. The van der Waals surface area contributed by atoms with Gasteiger partial charge in [-0.3, -0.25) is 4.79 Å². The van der Waals surface area contributed by atoms with Crippen molar-refractivity contribution in [1.82, 2.24) is 24.8 Å². The van der Waals surface area contributed by atoms with Crippen molar-refractivity contribution in [2.24, 2.45) is 0 Å². The Labute approximate surface area is 167 Å². The van der Waals surface area contributed by atoms with Gasteiger partial charge >= 0.3 is 12.1 Å². The maximum Gasteiger partial charge on any atom is 0.471 e. The first-order valence-electron chi connectivity index (χ1n) is 8.64. The minimum absolute atomic E-state index is 0.152. The van der Waals surface area contributed by atoms with Crippen molar-refractivity contribution in [1.29, 1.82) is 0 Å². The van der Waals surface area contributed by atoms with Crippen molar-refractivity contribution in [2.75, 3.05) is 7.11 Å². The number of benzene rings is 1. The molecule has 4 aromatic rings. The molecular weight excluding hydrogens is 403 g/mol. The Morgan fingerprint density at radius 3 is 2.77 bits per heavy atom. The van der Waals surface area contributed by atoms with Gasteiger partial charge in [-0.05, 0) is 29.8 Å². The Kier molecular flexibility index (Phi) is 4.86. The largest absolute Gasteiger partial charge is 0.497 e. The van der Waals surface area contributed by atoms with E-state index in [1.807, 2.05) is 12.1 Å². The number of alkyl halides is 3. The van der Waals surface area contributed by atoms with Crippen LogP contribution in [0.3, 0.4) is 0 Å². The van der Waals surface area contributed by atoms with Crippen molar-refractivity contribution in [2.45, 2.75) is 12.7 Å². The summed E-state index contributed by atoms with van der Waals surface area (Å²) in [6.07, 6.45) is -1.80. The average Bonchev–Trinajstić information content (AvgIpc) is 3.38. The highest BCUT2D eigenvalue weighted by Crippen LogP contribution is 2.29. The monoisotopic (exact) mass is 417 g/mol. The maximum atomic E-state index is 12.6. The number of carbonyl (C=O) groups is 1. The fourth-order valence-electron chi connectivity index (χ4n) is 2.74. The third-order valence-corrected chi connectivity index (χ3v) is 4.20. The summed E-state index contributed by atoms with van der Waals surface area (Å²) in [5, 5.41) is 6.11. The second kappa shape index (κ2) is 7.50. The SMILES string of the molecule is COc1cccc(CNC(=O)c2cn3cc(-c4noc(C(F)(F)F)n4)ccc3n2)c1. The van der Waals surface area contributed by atoms with Gasteiger partial charge in [0.2, 0.25) is 5.82 Å². The van der Waals surface area contributed by atoms with Crippen molar-refractivity contribution in [3.8, 4) is 17.1 Å². The number of rotatable bonds is 5. The number of carbonyl (C=O) groups excluding carboxylic acids is 1. The molecule has 8 nitrogen and oxygen atoms in total. The molecule has 30 heavy (non-hydrogen) atoms. The lowest BCUT2D eigenvalue weighted by molar-refractivity contribution is -0.159. The number of amides is 1. The van der Waals surface area contributed by atoms with Crippen molar-refractivity contribution in [3.05, 3.63) is 65.9 Å². The molecule has 0 aliphatic carbocycles. The van der Waals surface area contributed by atoms with E-state index < -0.39 is 18.0 Å². The Balaban J connectivity index is 1.51. The molecule has 1 N–H and O–H groups in total.